The highest BCUT2D eigenvalue weighted by Gasteiger charge is 1.97. The molecule has 0 saturated carbocycles. The number of aromatic hydroxyl groups is 1. The van der Waals surface area contributed by atoms with Gasteiger partial charge in [0.25, 0.3) is 0 Å². The molecule has 0 aliphatic heterocycles. The van der Waals surface area contributed by atoms with Crippen LogP contribution >= 0.6 is 15.9 Å². The van der Waals surface area contributed by atoms with Crippen LogP contribution < -0.4 is 4.74 Å². The van der Waals surface area contributed by atoms with Crippen molar-refractivity contribution in [3.05, 3.63) is 58.6 Å². The van der Waals surface area contributed by atoms with E-state index >= 15 is 0 Å². The summed E-state index contributed by atoms with van der Waals surface area (Å²) in [6.45, 7) is 0.649. The Morgan fingerprint density at radius 1 is 1.06 bits per heavy atom. The highest BCUT2D eigenvalue weighted by atomic mass is 79.9. The Hall–Kier alpha value is -1.48. The molecular formula is C15H15BrO2. The van der Waals surface area contributed by atoms with E-state index in [0.29, 0.717) is 12.4 Å². The van der Waals surface area contributed by atoms with Gasteiger partial charge in [0.05, 0.1) is 6.61 Å². The van der Waals surface area contributed by atoms with Crippen LogP contribution in [-0.4, -0.2) is 11.7 Å². The molecule has 3 heteroatoms. The molecule has 0 heterocycles. The average Bonchev–Trinajstić information content (AvgIpc) is 2.35. The van der Waals surface area contributed by atoms with Crippen molar-refractivity contribution < 1.29 is 9.84 Å². The molecule has 94 valence electrons. The molecule has 2 aromatic carbocycles. The van der Waals surface area contributed by atoms with Crippen molar-refractivity contribution in [3.63, 3.8) is 0 Å². The average molecular weight is 307 g/mol. The molecule has 0 bridgehead atoms. The highest BCUT2D eigenvalue weighted by Crippen LogP contribution is 2.18. The summed E-state index contributed by atoms with van der Waals surface area (Å²) >= 11 is 3.46. The first-order chi connectivity index (χ1) is 8.74. The minimum atomic E-state index is 0.236. The topological polar surface area (TPSA) is 29.5 Å². The first kappa shape index (κ1) is 13.0. The summed E-state index contributed by atoms with van der Waals surface area (Å²) in [5.74, 6) is 0.948. The maximum Gasteiger partial charge on any atom is 0.122 e. The maximum absolute atomic E-state index is 9.29. The third-order valence-corrected chi connectivity index (χ3v) is 3.08. The Kier molecular flexibility index (Phi) is 4.65. The lowest BCUT2D eigenvalue weighted by molar-refractivity contribution is 0.309. The molecule has 0 atom stereocenters. The molecule has 1 N–H and O–H groups in total. The van der Waals surface area contributed by atoms with Gasteiger partial charge in [-0.15, -0.1) is 0 Å². The molecule has 0 fully saturated rings. The van der Waals surface area contributed by atoms with Crippen molar-refractivity contribution in [3.8, 4) is 11.5 Å². The highest BCUT2D eigenvalue weighted by molar-refractivity contribution is 9.10. The smallest absolute Gasteiger partial charge is 0.122 e. The normalized spacial score (nSPS) is 10.3. The summed E-state index contributed by atoms with van der Waals surface area (Å²) in [4.78, 5) is 0. The Bertz CT molecular complexity index is 464. The van der Waals surface area contributed by atoms with Gasteiger partial charge in [0, 0.05) is 10.5 Å². The number of aryl methyl sites for hydroxylation is 1. The fourth-order valence-electron chi connectivity index (χ4n) is 1.73. The molecular weight excluding hydrogens is 292 g/mol. The van der Waals surface area contributed by atoms with Crippen LogP contribution in [0.15, 0.2) is 53.0 Å². The van der Waals surface area contributed by atoms with Crippen LogP contribution in [0.3, 0.4) is 0 Å². The van der Waals surface area contributed by atoms with Gasteiger partial charge >= 0.3 is 0 Å². The second kappa shape index (κ2) is 6.45. The fraction of sp³-hybridized carbons (Fsp3) is 0.200. The molecule has 2 nitrogen and oxygen atoms in total. The molecule has 0 aromatic heterocycles. The van der Waals surface area contributed by atoms with Gasteiger partial charge in [0.15, 0.2) is 0 Å². The number of halogens is 1. The molecule has 2 aromatic rings. The first-order valence-electron chi connectivity index (χ1n) is 5.90. The third-order valence-electron chi connectivity index (χ3n) is 2.59. The number of ether oxygens (including phenoxy) is 1. The van der Waals surface area contributed by atoms with E-state index in [9.17, 15) is 5.11 Å². The molecule has 0 spiro atoms. The maximum atomic E-state index is 9.29. The predicted octanol–water partition coefficient (Wildman–Crippen LogP) is 4.17. The van der Waals surface area contributed by atoms with Gasteiger partial charge < -0.3 is 9.84 Å². The first-order valence-corrected chi connectivity index (χ1v) is 6.69. The number of hydrogen-bond donors (Lipinski definition) is 1. The third kappa shape index (κ3) is 4.08. The Morgan fingerprint density at radius 2 is 1.89 bits per heavy atom. The van der Waals surface area contributed by atoms with Crippen LogP contribution in [0.2, 0.25) is 0 Å². The van der Waals surface area contributed by atoms with Gasteiger partial charge in [-0.3, -0.25) is 0 Å². The molecule has 0 aliphatic rings. The van der Waals surface area contributed by atoms with Crippen molar-refractivity contribution in [2.45, 2.75) is 12.8 Å². The Balaban J connectivity index is 1.76. The van der Waals surface area contributed by atoms with Crippen molar-refractivity contribution in [2.75, 3.05) is 6.61 Å². The minimum Gasteiger partial charge on any atom is -0.508 e. The van der Waals surface area contributed by atoms with Crippen molar-refractivity contribution in [1.82, 2.24) is 0 Å². The Labute approximate surface area is 115 Å². The van der Waals surface area contributed by atoms with E-state index in [1.54, 1.807) is 18.2 Å². The second-order valence-electron chi connectivity index (χ2n) is 4.08. The summed E-state index contributed by atoms with van der Waals surface area (Å²) in [6, 6.07) is 15.2. The number of benzene rings is 2. The molecule has 0 amide bonds. The monoisotopic (exact) mass is 306 g/mol. The van der Waals surface area contributed by atoms with Gasteiger partial charge in [0.1, 0.15) is 11.5 Å². The van der Waals surface area contributed by atoms with E-state index in [4.69, 9.17) is 4.74 Å². The molecule has 0 saturated heterocycles. The van der Waals surface area contributed by atoms with Crippen LogP contribution in [0.1, 0.15) is 12.0 Å². The SMILES string of the molecule is Oc1cccc(OCCCc2cccc(Br)c2)c1. The summed E-state index contributed by atoms with van der Waals surface area (Å²) in [5, 5.41) is 9.29. The van der Waals surface area contributed by atoms with Gasteiger partial charge in [0.2, 0.25) is 0 Å². The van der Waals surface area contributed by atoms with Crippen LogP contribution in [-0.2, 0) is 6.42 Å². The zero-order chi connectivity index (χ0) is 12.8. The lowest BCUT2D eigenvalue weighted by atomic mass is 10.1. The number of phenolic OH excluding ortho intramolecular Hbond substituents is 1. The molecule has 18 heavy (non-hydrogen) atoms. The van der Waals surface area contributed by atoms with E-state index in [0.717, 1.165) is 17.3 Å². The van der Waals surface area contributed by atoms with E-state index in [2.05, 4.69) is 28.1 Å². The molecule has 0 unspecified atom stereocenters. The summed E-state index contributed by atoms with van der Waals surface area (Å²) in [5.41, 5.74) is 1.30. The lowest BCUT2D eigenvalue weighted by Gasteiger charge is -2.06. The van der Waals surface area contributed by atoms with E-state index in [1.165, 1.54) is 5.56 Å². The van der Waals surface area contributed by atoms with Crippen molar-refractivity contribution >= 4 is 15.9 Å². The van der Waals surface area contributed by atoms with Gasteiger partial charge in [-0.2, -0.15) is 0 Å². The molecule has 0 aliphatic carbocycles. The van der Waals surface area contributed by atoms with Crippen molar-refractivity contribution in [1.29, 1.82) is 0 Å². The fourth-order valence-corrected chi connectivity index (χ4v) is 2.18. The number of hydrogen-bond acceptors (Lipinski definition) is 2. The summed E-state index contributed by atoms with van der Waals surface area (Å²) in [6.07, 6.45) is 1.93. The second-order valence-corrected chi connectivity index (χ2v) is 4.99. The quantitative estimate of drug-likeness (QED) is 0.840. The van der Waals surface area contributed by atoms with Gasteiger partial charge in [-0.05, 0) is 42.7 Å². The zero-order valence-electron chi connectivity index (χ0n) is 9.97. The molecule has 2 rings (SSSR count). The summed E-state index contributed by atoms with van der Waals surface area (Å²) < 4.78 is 6.67. The van der Waals surface area contributed by atoms with Gasteiger partial charge in [-0.25, -0.2) is 0 Å². The minimum absolute atomic E-state index is 0.236. The van der Waals surface area contributed by atoms with Crippen molar-refractivity contribution in [2.24, 2.45) is 0 Å². The van der Waals surface area contributed by atoms with Gasteiger partial charge in [-0.1, -0.05) is 34.1 Å². The van der Waals surface area contributed by atoms with Crippen LogP contribution in [0.5, 0.6) is 11.5 Å². The standard InChI is InChI=1S/C15H15BrO2/c16-13-6-1-4-12(10-13)5-3-9-18-15-8-2-7-14(17)11-15/h1-2,4,6-8,10-11,17H,3,5,9H2. The van der Waals surface area contributed by atoms with Crippen LogP contribution in [0.4, 0.5) is 0 Å². The largest absolute Gasteiger partial charge is 0.508 e. The van der Waals surface area contributed by atoms with E-state index in [-0.39, 0.29) is 5.75 Å². The summed E-state index contributed by atoms with van der Waals surface area (Å²) in [7, 11) is 0. The molecule has 0 radical (unpaired) electrons. The van der Waals surface area contributed by atoms with E-state index < -0.39 is 0 Å². The predicted molar refractivity (Wildman–Crippen MR) is 76.1 cm³/mol. The van der Waals surface area contributed by atoms with Crippen LogP contribution in [0, 0.1) is 0 Å². The van der Waals surface area contributed by atoms with Crippen LogP contribution in [0.25, 0.3) is 0 Å². The number of rotatable bonds is 5. The number of phenols is 1. The Morgan fingerprint density at radius 3 is 2.67 bits per heavy atom. The lowest BCUT2D eigenvalue weighted by Crippen LogP contribution is -1.99. The van der Waals surface area contributed by atoms with E-state index in [1.807, 2.05) is 18.2 Å². The zero-order valence-corrected chi connectivity index (χ0v) is 11.6.